The molecule has 0 spiro atoms. The van der Waals surface area contributed by atoms with Gasteiger partial charge >= 0.3 is 0 Å². The second-order valence-electron chi connectivity index (χ2n) is 3.49. The first-order valence-corrected chi connectivity index (χ1v) is 4.43. The minimum absolute atomic E-state index is 0.0611. The summed E-state index contributed by atoms with van der Waals surface area (Å²) < 4.78 is 10.6. The monoisotopic (exact) mass is 175 g/mol. The first kappa shape index (κ1) is 11.9. The fourth-order valence-electron chi connectivity index (χ4n) is 0.707. The van der Waals surface area contributed by atoms with Crippen LogP contribution in [0.2, 0.25) is 0 Å². The van der Waals surface area contributed by atoms with E-state index in [4.69, 9.17) is 15.2 Å². The van der Waals surface area contributed by atoms with Crippen LogP contribution in [0.1, 0.15) is 27.2 Å². The molecule has 0 bridgehead atoms. The summed E-state index contributed by atoms with van der Waals surface area (Å²) in [6.45, 7) is 7.34. The Labute approximate surface area is 75.2 Å². The summed E-state index contributed by atoms with van der Waals surface area (Å²) >= 11 is 0. The molecule has 0 rings (SSSR count). The fourth-order valence-corrected chi connectivity index (χ4v) is 0.707. The lowest BCUT2D eigenvalue weighted by atomic mass is 10.0. The van der Waals surface area contributed by atoms with E-state index in [-0.39, 0.29) is 11.6 Å². The van der Waals surface area contributed by atoms with Crippen molar-refractivity contribution in [2.24, 2.45) is 5.73 Å². The Morgan fingerprint density at radius 2 is 2.00 bits per heavy atom. The van der Waals surface area contributed by atoms with Crippen LogP contribution in [0.5, 0.6) is 0 Å². The predicted octanol–water partition coefficient (Wildman–Crippen LogP) is 1.17. The number of hydrogen-bond acceptors (Lipinski definition) is 3. The zero-order valence-electron chi connectivity index (χ0n) is 8.59. The molecule has 0 fully saturated rings. The van der Waals surface area contributed by atoms with Crippen molar-refractivity contribution >= 4 is 0 Å². The van der Waals surface area contributed by atoms with Crippen molar-refractivity contribution in [1.29, 1.82) is 0 Å². The van der Waals surface area contributed by atoms with Crippen LogP contribution < -0.4 is 5.73 Å². The SMILES string of the molecule is CCCOCC(N)C(C)(C)OC. The van der Waals surface area contributed by atoms with Gasteiger partial charge in [-0.3, -0.25) is 0 Å². The smallest absolute Gasteiger partial charge is 0.0795 e. The second-order valence-corrected chi connectivity index (χ2v) is 3.49. The lowest BCUT2D eigenvalue weighted by molar-refractivity contribution is -0.0267. The normalized spacial score (nSPS) is 14.8. The van der Waals surface area contributed by atoms with Gasteiger partial charge in [0.25, 0.3) is 0 Å². The Hall–Kier alpha value is -0.120. The predicted molar refractivity (Wildman–Crippen MR) is 50.2 cm³/mol. The molecule has 3 heteroatoms. The number of nitrogens with two attached hydrogens (primary N) is 1. The van der Waals surface area contributed by atoms with Crippen molar-refractivity contribution in [3.05, 3.63) is 0 Å². The Kier molecular flexibility index (Phi) is 5.46. The van der Waals surface area contributed by atoms with Gasteiger partial charge in [0.15, 0.2) is 0 Å². The third kappa shape index (κ3) is 4.04. The molecule has 0 aliphatic rings. The van der Waals surface area contributed by atoms with Gasteiger partial charge in [0.2, 0.25) is 0 Å². The molecule has 12 heavy (non-hydrogen) atoms. The highest BCUT2D eigenvalue weighted by molar-refractivity contribution is 4.81. The molecule has 3 nitrogen and oxygen atoms in total. The van der Waals surface area contributed by atoms with E-state index in [1.54, 1.807) is 7.11 Å². The van der Waals surface area contributed by atoms with Crippen molar-refractivity contribution in [1.82, 2.24) is 0 Å². The molecule has 0 aromatic carbocycles. The topological polar surface area (TPSA) is 44.5 Å². The van der Waals surface area contributed by atoms with Crippen LogP contribution in [-0.4, -0.2) is 32.0 Å². The standard InChI is InChI=1S/C9H21NO2/c1-5-6-12-7-8(10)9(2,3)11-4/h8H,5-7,10H2,1-4H3. The van der Waals surface area contributed by atoms with Crippen molar-refractivity contribution < 1.29 is 9.47 Å². The Morgan fingerprint density at radius 3 is 2.42 bits per heavy atom. The summed E-state index contributed by atoms with van der Waals surface area (Å²) in [4.78, 5) is 0. The summed E-state index contributed by atoms with van der Waals surface area (Å²) in [6, 6.07) is -0.0611. The second kappa shape index (κ2) is 5.51. The molecule has 0 aromatic heterocycles. The van der Waals surface area contributed by atoms with E-state index in [0.29, 0.717) is 6.61 Å². The van der Waals surface area contributed by atoms with Gasteiger partial charge in [0.05, 0.1) is 18.2 Å². The largest absolute Gasteiger partial charge is 0.380 e. The summed E-state index contributed by atoms with van der Waals surface area (Å²) in [5.74, 6) is 0. The Balaban J connectivity index is 3.63. The maximum absolute atomic E-state index is 5.85. The maximum Gasteiger partial charge on any atom is 0.0795 e. The van der Waals surface area contributed by atoms with E-state index in [0.717, 1.165) is 13.0 Å². The quantitative estimate of drug-likeness (QED) is 0.616. The van der Waals surface area contributed by atoms with Gasteiger partial charge in [-0.2, -0.15) is 0 Å². The minimum atomic E-state index is -0.298. The average Bonchev–Trinajstić information content (AvgIpc) is 2.05. The number of rotatable bonds is 6. The molecule has 74 valence electrons. The van der Waals surface area contributed by atoms with Crippen LogP contribution in [0.15, 0.2) is 0 Å². The van der Waals surface area contributed by atoms with Gasteiger partial charge < -0.3 is 15.2 Å². The summed E-state index contributed by atoms with van der Waals surface area (Å²) in [6.07, 6.45) is 1.03. The maximum atomic E-state index is 5.85. The highest BCUT2D eigenvalue weighted by Crippen LogP contribution is 2.11. The fraction of sp³-hybridized carbons (Fsp3) is 1.00. The van der Waals surface area contributed by atoms with Crippen molar-refractivity contribution in [3.8, 4) is 0 Å². The lowest BCUT2D eigenvalue weighted by Gasteiger charge is -2.29. The highest BCUT2D eigenvalue weighted by Gasteiger charge is 2.25. The highest BCUT2D eigenvalue weighted by atomic mass is 16.5. The molecule has 0 heterocycles. The molecule has 1 atom stereocenters. The molecule has 0 amide bonds. The van der Waals surface area contributed by atoms with Crippen molar-refractivity contribution in [2.75, 3.05) is 20.3 Å². The van der Waals surface area contributed by atoms with Crippen molar-refractivity contribution in [3.63, 3.8) is 0 Å². The van der Waals surface area contributed by atoms with E-state index >= 15 is 0 Å². The molecule has 0 radical (unpaired) electrons. The molecule has 1 unspecified atom stereocenters. The van der Waals surface area contributed by atoms with Crippen LogP contribution in [0.25, 0.3) is 0 Å². The number of hydrogen-bond donors (Lipinski definition) is 1. The van der Waals surface area contributed by atoms with Gasteiger partial charge in [0, 0.05) is 13.7 Å². The Bertz CT molecular complexity index is 115. The zero-order chi connectivity index (χ0) is 9.61. The van der Waals surface area contributed by atoms with E-state index in [9.17, 15) is 0 Å². The number of ether oxygens (including phenoxy) is 2. The van der Waals surface area contributed by atoms with Crippen LogP contribution in [-0.2, 0) is 9.47 Å². The number of methoxy groups -OCH3 is 1. The molecular weight excluding hydrogens is 154 g/mol. The van der Waals surface area contributed by atoms with Gasteiger partial charge in [-0.05, 0) is 20.3 Å². The van der Waals surface area contributed by atoms with Gasteiger partial charge in [-0.15, -0.1) is 0 Å². The lowest BCUT2D eigenvalue weighted by Crippen LogP contribution is -2.47. The van der Waals surface area contributed by atoms with Gasteiger partial charge in [-0.25, -0.2) is 0 Å². The molecule has 0 aliphatic carbocycles. The molecule has 2 N–H and O–H groups in total. The summed E-state index contributed by atoms with van der Waals surface area (Å²) in [5, 5.41) is 0. The minimum Gasteiger partial charge on any atom is -0.380 e. The third-order valence-corrected chi connectivity index (χ3v) is 2.06. The van der Waals surface area contributed by atoms with Gasteiger partial charge in [0.1, 0.15) is 0 Å². The van der Waals surface area contributed by atoms with Crippen LogP contribution >= 0.6 is 0 Å². The first-order valence-electron chi connectivity index (χ1n) is 4.43. The van der Waals surface area contributed by atoms with E-state index in [2.05, 4.69) is 6.92 Å². The van der Waals surface area contributed by atoms with Crippen molar-refractivity contribution in [2.45, 2.75) is 38.8 Å². The molecule has 0 aromatic rings. The van der Waals surface area contributed by atoms with Crippen LogP contribution in [0.3, 0.4) is 0 Å². The molecule has 0 aliphatic heterocycles. The molecule has 0 saturated heterocycles. The van der Waals surface area contributed by atoms with Crippen LogP contribution in [0, 0.1) is 0 Å². The zero-order valence-corrected chi connectivity index (χ0v) is 8.59. The van der Waals surface area contributed by atoms with E-state index < -0.39 is 0 Å². The van der Waals surface area contributed by atoms with Gasteiger partial charge in [-0.1, -0.05) is 6.92 Å². The summed E-state index contributed by atoms with van der Waals surface area (Å²) in [5.41, 5.74) is 5.55. The molecular formula is C9H21NO2. The first-order chi connectivity index (χ1) is 5.54. The Morgan fingerprint density at radius 1 is 1.42 bits per heavy atom. The van der Waals surface area contributed by atoms with Crippen LogP contribution in [0.4, 0.5) is 0 Å². The van der Waals surface area contributed by atoms with E-state index in [1.165, 1.54) is 0 Å². The average molecular weight is 175 g/mol. The molecule has 0 saturated carbocycles. The summed E-state index contributed by atoms with van der Waals surface area (Å²) in [7, 11) is 1.67. The van der Waals surface area contributed by atoms with E-state index in [1.807, 2.05) is 13.8 Å². The third-order valence-electron chi connectivity index (χ3n) is 2.06.